The lowest BCUT2D eigenvalue weighted by Crippen LogP contribution is -2.60. The van der Waals surface area contributed by atoms with E-state index in [1.807, 2.05) is 62.3 Å². The zero-order valence-electron chi connectivity index (χ0n) is 89.8. The number of esters is 10. The number of ether oxygens (including phenoxy) is 12. The van der Waals surface area contributed by atoms with Crippen molar-refractivity contribution < 1.29 is 115 Å². The molecule has 6 heterocycles. The largest absolute Gasteiger partial charge is 0.459 e. The lowest BCUT2D eigenvalue weighted by Gasteiger charge is -2.59. The highest BCUT2D eigenvalue weighted by Gasteiger charge is 2.73. The molecule has 24 heteroatoms. The van der Waals surface area contributed by atoms with Gasteiger partial charge in [-0.1, -0.05) is 102 Å². The summed E-state index contributed by atoms with van der Waals surface area (Å²) >= 11 is 0. The minimum Gasteiger partial charge on any atom is -0.459 e. The molecule has 0 amide bonds. The topological polar surface area (TPSA) is 322 Å². The van der Waals surface area contributed by atoms with E-state index in [4.69, 9.17) is 56.8 Å². The summed E-state index contributed by atoms with van der Waals surface area (Å²) < 4.78 is 67.7. The van der Waals surface area contributed by atoms with Crippen LogP contribution in [0.3, 0.4) is 0 Å². The van der Waals surface area contributed by atoms with E-state index >= 15 is 0 Å². The zero-order valence-corrected chi connectivity index (χ0v) is 89.8. The van der Waals surface area contributed by atoms with Crippen LogP contribution < -0.4 is 0 Å². The summed E-state index contributed by atoms with van der Waals surface area (Å²) in [5.74, 6) is 7.41. The third-order valence-corrected chi connectivity index (χ3v) is 42.4. The monoisotopic (exact) mass is 1950 g/mol. The molecule has 2 N–H and O–H groups in total. The molecule has 21 atom stereocenters. The molecule has 0 aromatic heterocycles. The minimum absolute atomic E-state index is 0.0185. The average molecular weight is 1950 g/mol. The van der Waals surface area contributed by atoms with Gasteiger partial charge in [0.1, 0.15) is 45.8 Å². The fourth-order valence-corrected chi connectivity index (χ4v) is 32.3. The van der Waals surface area contributed by atoms with Crippen molar-refractivity contribution in [3.8, 4) is 0 Å². The van der Waals surface area contributed by atoms with Gasteiger partial charge in [0.2, 0.25) is 0 Å². The maximum absolute atomic E-state index is 12.5. The van der Waals surface area contributed by atoms with Crippen molar-refractivity contribution in [3.63, 3.8) is 0 Å². The van der Waals surface area contributed by atoms with Crippen LogP contribution in [0.15, 0.2) is 49.1 Å². The fraction of sp³-hybridized carbons (Fsp3) is 0.845. The average Bonchev–Trinajstić information content (AvgIpc) is 1.52. The molecule has 784 valence electrons. The quantitative estimate of drug-likeness (QED) is 0.0649. The summed E-state index contributed by atoms with van der Waals surface area (Å²) in [7, 11) is 0. The Morgan fingerprint density at radius 1 is 0.407 bits per heavy atom. The van der Waals surface area contributed by atoms with E-state index in [9.17, 15) is 58.2 Å². The van der Waals surface area contributed by atoms with Gasteiger partial charge in [0.05, 0.1) is 57.4 Å². The summed E-state index contributed by atoms with van der Waals surface area (Å²) in [5, 5.41) is 21.0. The minimum atomic E-state index is -0.564. The van der Waals surface area contributed by atoms with Crippen molar-refractivity contribution in [2.24, 2.45) is 139 Å². The summed E-state index contributed by atoms with van der Waals surface area (Å²) in [6, 6.07) is 0. The molecule has 6 aliphatic heterocycles. The van der Waals surface area contributed by atoms with Crippen LogP contribution in [0.1, 0.15) is 384 Å². The number of carbonyl (C=O) groups is 10. The van der Waals surface area contributed by atoms with E-state index in [1.165, 1.54) is 102 Å². The van der Waals surface area contributed by atoms with Crippen molar-refractivity contribution in [2.75, 3.05) is 0 Å². The second kappa shape index (κ2) is 38.3. The molecule has 6 saturated heterocycles. The van der Waals surface area contributed by atoms with Gasteiger partial charge >= 0.3 is 59.7 Å². The molecule has 26 fully saturated rings. The van der Waals surface area contributed by atoms with E-state index in [-0.39, 0.29) is 162 Å². The molecule has 21 unspecified atom stereocenters. The molecular formula is C116H176O24. The first-order valence-electron chi connectivity index (χ1n) is 54.5. The maximum atomic E-state index is 12.5. The summed E-state index contributed by atoms with van der Waals surface area (Å²) in [6.45, 7) is 63.7. The second-order valence-corrected chi connectivity index (χ2v) is 53.6. The van der Waals surface area contributed by atoms with E-state index < -0.39 is 47.0 Å². The fourth-order valence-electron chi connectivity index (χ4n) is 32.3. The van der Waals surface area contributed by atoms with Gasteiger partial charge in [0.25, 0.3) is 0 Å². The van der Waals surface area contributed by atoms with Crippen LogP contribution in [0, 0.1) is 139 Å². The Balaban J connectivity index is 0.000000121. The first-order valence-corrected chi connectivity index (χ1v) is 54.5. The highest BCUT2D eigenvalue weighted by Crippen LogP contribution is 2.73. The van der Waals surface area contributed by atoms with Gasteiger partial charge in [-0.3, -0.25) is 28.8 Å². The molecule has 0 aromatic carbocycles. The van der Waals surface area contributed by atoms with E-state index in [0.717, 1.165) is 114 Å². The molecular weight excluding hydrogens is 1780 g/mol. The Kier molecular flexibility index (Phi) is 29.5. The highest BCUT2D eigenvalue weighted by molar-refractivity contribution is 5.89. The maximum Gasteiger partial charge on any atom is 0.333 e. The third-order valence-electron chi connectivity index (χ3n) is 42.4. The predicted octanol–water partition coefficient (Wildman–Crippen LogP) is 21.5. The number of hydrogen-bond donors (Lipinski definition) is 2. The Bertz CT molecular complexity index is 4700. The lowest BCUT2D eigenvalue weighted by atomic mass is 9.50. The molecule has 140 heavy (non-hydrogen) atoms. The van der Waals surface area contributed by atoms with Crippen molar-refractivity contribution in [1.82, 2.24) is 0 Å². The second-order valence-electron chi connectivity index (χ2n) is 53.6. The Morgan fingerprint density at radius 2 is 0.743 bits per heavy atom. The first-order chi connectivity index (χ1) is 64.9. The molecule has 20 aliphatic carbocycles. The Hall–Kier alpha value is -6.50. The molecule has 24 bridgehead atoms. The van der Waals surface area contributed by atoms with E-state index in [2.05, 4.69) is 109 Å². The SMILES string of the molecule is C=C(C)C(=O)OC1(C)C2CC3CC(C2)CC1C3.C=C(C)C(=O)OC1(C)CC2CCC1(C)C2(C)C.C=C(C)C(=O)OC1C2CC3C(=O)OC1C3O2.C=CC(=O)OC12CC3CC(CC(O)(C3)C1)C2.CCC(C)(C)C(=O)OC1(C)C2CC3CC(C2)CC1C3.CCC(C)(C)C(=O)OC1(C)CC2CCC1(C)C2(C)C.CCC(C)(C)C(=O)OC1C2CC3C(=O)OC1C3O2.CCC(C)C(=O)OC12CC3CC(CC(O)(C3)C1)C2. The molecule has 0 spiro atoms. The van der Waals surface area contributed by atoms with Crippen LogP contribution in [-0.2, 0) is 105 Å². The van der Waals surface area contributed by atoms with Crippen molar-refractivity contribution in [3.05, 3.63) is 49.1 Å². The lowest BCUT2D eigenvalue weighted by molar-refractivity contribution is -0.222. The van der Waals surface area contributed by atoms with Gasteiger partial charge in [-0.2, -0.15) is 0 Å². The van der Waals surface area contributed by atoms with Crippen molar-refractivity contribution in [2.45, 2.75) is 478 Å². The summed E-state index contributed by atoms with van der Waals surface area (Å²) in [5.41, 5.74) is -1.92. The molecule has 0 radical (unpaired) electrons. The Labute approximate surface area is 835 Å². The number of fused-ring (bicyclic) bond motifs is 6. The highest BCUT2D eigenvalue weighted by atomic mass is 16.7. The summed E-state index contributed by atoms with van der Waals surface area (Å²) in [4.78, 5) is 118. The molecule has 0 aromatic rings. The molecule has 20 saturated carbocycles. The van der Waals surface area contributed by atoms with Crippen LogP contribution in [0.2, 0.25) is 0 Å². The molecule has 26 rings (SSSR count). The van der Waals surface area contributed by atoms with E-state index in [1.54, 1.807) is 20.8 Å². The normalized spacial score (nSPS) is 44.3. The van der Waals surface area contributed by atoms with Gasteiger partial charge < -0.3 is 67.1 Å². The Morgan fingerprint density at radius 3 is 1.08 bits per heavy atom. The van der Waals surface area contributed by atoms with Crippen LogP contribution in [0.5, 0.6) is 0 Å². The van der Waals surface area contributed by atoms with Gasteiger partial charge in [0.15, 0.2) is 24.4 Å². The smallest absolute Gasteiger partial charge is 0.333 e. The number of aliphatic hydroxyl groups is 2. The predicted molar refractivity (Wildman–Crippen MR) is 527 cm³/mol. The van der Waals surface area contributed by atoms with Crippen molar-refractivity contribution in [1.29, 1.82) is 0 Å². The standard InChI is InChI=1S/C17H28O2.C17H30O2.C15H24O3.C15H22O2.C15H24O2.C13H18O5.C13H18O3.C11H12O5/c1-5-16(2,3)15(18)19-17(4)13-7-11-6-12(9-13)10-14(17)8-11;1-8-14(2,3)13(18)19-17(7)11-12-9-10-16(17,6)15(12,4)5;1-3-10(2)13(16)18-15-7-11-4-12(8-15)6-14(17,5-11)9-15;1-9(2)14(16)17-15(3)12-5-10-4-11(7-12)8-13(15)6-10;1-10(2)12(16)17-15(6)9-11-7-8-14(15,5)13(11,3)4;1-4-13(2,3)12(15)18-9-7-5-6-8(16-7)10(9)17-11(6)14;1-2-11(14)16-13-6-9-3-10(7-13)5-12(15,4-9)8-13;1-4(2)10(12)15-8-6-3-5-7(14-6)9(8)16-11(5)13/h11-14H,5-10H2,1-4H3;12H,8-11H2,1-7H3;10-12,17H,3-9H2,1-2H3;10-13H,1,4-8H2,2-3H3;11H,1,7-9H2,2-6H3;6-10H,4-5H2,1-3H3;2,9-10,15H,1,3-8H2;5-9H,1,3H2,2H3. The van der Waals surface area contributed by atoms with Gasteiger partial charge in [-0.05, 0) is 389 Å². The van der Waals surface area contributed by atoms with Gasteiger partial charge in [0, 0.05) is 46.5 Å². The number of rotatable bonds is 20. The third kappa shape index (κ3) is 19.8. The summed E-state index contributed by atoms with van der Waals surface area (Å²) in [6.07, 6.45) is 34.4. The molecule has 26 aliphatic rings. The van der Waals surface area contributed by atoms with Crippen LogP contribution in [0.4, 0.5) is 0 Å². The van der Waals surface area contributed by atoms with Gasteiger partial charge in [-0.25, -0.2) is 19.2 Å². The first kappa shape index (κ1) is 108. The van der Waals surface area contributed by atoms with Crippen LogP contribution >= 0.6 is 0 Å². The van der Waals surface area contributed by atoms with Gasteiger partial charge in [-0.15, -0.1) is 0 Å². The number of hydrogen-bond acceptors (Lipinski definition) is 24. The number of carbonyl (C=O) groups excluding carboxylic acids is 10. The zero-order chi connectivity index (χ0) is 103. The van der Waals surface area contributed by atoms with Crippen LogP contribution in [0.25, 0.3) is 0 Å². The van der Waals surface area contributed by atoms with Crippen LogP contribution in [-0.4, -0.2) is 164 Å². The van der Waals surface area contributed by atoms with Crippen molar-refractivity contribution >= 4 is 59.7 Å². The molecule has 24 nitrogen and oxygen atoms in total. The van der Waals surface area contributed by atoms with E-state index in [0.29, 0.717) is 108 Å².